The Kier molecular flexibility index (Phi) is 5.54. The van der Waals surface area contributed by atoms with Gasteiger partial charge in [0.25, 0.3) is 5.91 Å². The number of thiazole rings is 1. The van der Waals surface area contributed by atoms with Crippen LogP contribution < -0.4 is 15.0 Å². The summed E-state index contributed by atoms with van der Waals surface area (Å²) in [6.07, 6.45) is 3.81. The number of rotatable bonds is 6. The maximum atomic E-state index is 5.51. The summed E-state index contributed by atoms with van der Waals surface area (Å²) < 4.78 is 16.4. The van der Waals surface area contributed by atoms with E-state index in [0.29, 0.717) is 0 Å². The standard InChI is InChI=1S/C20H26N4O3S/c1-25-17-7-5-4-6-16(17)24-12-10-23(11-13-24)14-18-21-15-8-9-20(26-2,27-3)22-19(15)28-18/h4-9,22H,10-14H2,1-3H3. The van der Waals surface area contributed by atoms with Crippen LogP contribution in [-0.4, -0.2) is 63.3 Å². The van der Waals surface area contributed by atoms with Crippen molar-refractivity contribution in [2.75, 3.05) is 57.7 Å². The van der Waals surface area contributed by atoms with Crippen LogP contribution in [0.25, 0.3) is 6.08 Å². The second kappa shape index (κ2) is 8.08. The minimum Gasteiger partial charge on any atom is -0.495 e. The van der Waals surface area contributed by atoms with Crippen molar-refractivity contribution in [3.8, 4) is 5.75 Å². The molecule has 1 saturated heterocycles. The smallest absolute Gasteiger partial charge is 0.271 e. The number of benzene rings is 1. The fraction of sp³-hybridized carbons (Fsp3) is 0.450. The van der Waals surface area contributed by atoms with Gasteiger partial charge in [-0.3, -0.25) is 4.90 Å². The molecule has 0 aliphatic carbocycles. The zero-order valence-corrected chi connectivity index (χ0v) is 17.3. The van der Waals surface area contributed by atoms with Crippen LogP contribution in [0.15, 0.2) is 30.3 Å². The van der Waals surface area contributed by atoms with Crippen molar-refractivity contribution in [2.24, 2.45) is 0 Å². The molecule has 4 rings (SSSR count). The molecule has 0 atom stereocenters. The van der Waals surface area contributed by atoms with Crippen molar-refractivity contribution in [2.45, 2.75) is 12.5 Å². The number of nitrogens with zero attached hydrogens (tertiary/aromatic N) is 3. The lowest BCUT2D eigenvalue weighted by atomic mass is 10.2. The predicted molar refractivity (Wildman–Crippen MR) is 112 cm³/mol. The van der Waals surface area contributed by atoms with Gasteiger partial charge in [0.2, 0.25) is 0 Å². The van der Waals surface area contributed by atoms with E-state index in [1.54, 1.807) is 32.7 Å². The number of hydrogen-bond acceptors (Lipinski definition) is 8. The van der Waals surface area contributed by atoms with Crippen LogP contribution in [-0.2, 0) is 16.0 Å². The van der Waals surface area contributed by atoms with Crippen molar-refractivity contribution in [1.82, 2.24) is 9.88 Å². The lowest BCUT2D eigenvalue weighted by Gasteiger charge is -2.36. The molecule has 8 heteroatoms. The molecule has 3 heterocycles. The second-order valence-electron chi connectivity index (χ2n) is 6.79. The van der Waals surface area contributed by atoms with Gasteiger partial charge in [-0.15, -0.1) is 0 Å². The summed E-state index contributed by atoms with van der Waals surface area (Å²) in [5.74, 6) is 0.0261. The number of para-hydroxylation sites is 2. The molecule has 1 aromatic carbocycles. The summed E-state index contributed by atoms with van der Waals surface area (Å²) in [4.78, 5) is 9.60. The predicted octanol–water partition coefficient (Wildman–Crippen LogP) is 2.86. The van der Waals surface area contributed by atoms with Crippen molar-refractivity contribution in [1.29, 1.82) is 0 Å². The molecule has 1 fully saturated rings. The van der Waals surface area contributed by atoms with E-state index in [9.17, 15) is 0 Å². The zero-order valence-electron chi connectivity index (χ0n) is 16.5. The van der Waals surface area contributed by atoms with Gasteiger partial charge in [-0.1, -0.05) is 23.5 Å². The van der Waals surface area contributed by atoms with Gasteiger partial charge in [-0.25, -0.2) is 4.98 Å². The van der Waals surface area contributed by atoms with E-state index in [1.807, 2.05) is 24.3 Å². The Balaban J connectivity index is 1.38. The normalized spacial score (nSPS) is 18.6. The van der Waals surface area contributed by atoms with Gasteiger partial charge < -0.3 is 24.4 Å². The fourth-order valence-electron chi connectivity index (χ4n) is 3.59. The van der Waals surface area contributed by atoms with Gasteiger partial charge in [-0.2, -0.15) is 0 Å². The van der Waals surface area contributed by atoms with Crippen molar-refractivity contribution in [3.63, 3.8) is 0 Å². The average molecular weight is 403 g/mol. The number of piperazine rings is 1. The summed E-state index contributed by atoms with van der Waals surface area (Å²) in [6, 6.07) is 8.21. The van der Waals surface area contributed by atoms with Crippen LogP contribution in [0.2, 0.25) is 0 Å². The highest BCUT2D eigenvalue weighted by Crippen LogP contribution is 2.35. The Labute approximate surface area is 169 Å². The lowest BCUT2D eigenvalue weighted by molar-refractivity contribution is -0.148. The molecule has 2 aliphatic rings. The number of aromatic nitrogens is 1. The van der Waals surface area contributed by atoms with Gasteiger partial charge in [0.15, 0.2) is 0 Å². The molecule has 0 spiro atoms. The monoisotopic (exact) mass is 402 g/mol. The van der Waals surface area contributed by atoms with Gasteiger partial charge in [0.1, 0.15) is 15.8 Å². The number of nitrogens with one attached hydrogen (secondary N) is 1. The summed E-state index contributed by atoms with van der Waals surface area (Å²) in [6.45, 7) is 4.78. The number of ether oxygens (including phenoxy) is 3. The summed E-state index contributed by atoms with van der Waals surface area (Å²) in [5, 5.41) is 5.37. The van der Waals surface area contributed by atoms with Gasteiger partial charge in [0, 0.05) is 40.4 Å². The van der Waals surface area contributed by atoms with Crippen LogP contribution >= 0.6 is 11.3 Å². The molecular formula is C20H26N4O3S. The van der Waals surface area contributed by atoms with E-state index in [4.69, 9.17) is 19.2 Å². The maximum Gasteiger partial charge on any atom is 0.271 e. The van der Waals surface area contributed by atoms with Crippen LogP contribution in [0.5, 0.6) is 5.75 Å². The third-order valence-electron chi connectivity index (χ3n) is 5.21. The summed E-state index contributed by atoms with van der Waals surface area (Å²) in [7, 11) is 4.97. The maximum absolute atomic E-state index is 5.51. The first-order valence-electron chi connectivity index (χ1n) is 9.34. The molecule has 2 aromatic rings. The van der Waals surface area contributed by atoms with Crippen molar-refractivity contribution in [3.05, 3.63) is 41.0 Å². The number of fused-ring (bicyclic) bond motifs is 1. The molecular weight excluding hydrogens is 376 g/mol. The van der Waals surface area contributed by atoms with Gasteiger partial charge in [0.05, 0.1) is 25.0 Å². The van der Waals surface area contributed by atoms with Crippen LogP contribution in [0.3, 0.4) is 0 Å². The number of anilines is 2. The average Bonchev–Trinajstić information content (AvgIpc) is 3.15. The first kappa shape index (κ1) is 19.2. The third-order valence-corrected chi connectivity index (χ3v) is 6.18. The minimum atomic E-state index is -0.906. The largest absolute Gasteiger partial charge is 0.495 e. The van der Waals surface area contributed by atoms with E-state index >= 15 is 0 Å². The molecule has 150 valence electrons. The molecule has 2 aliphatic heterocycles. The topological polar surface area (TPSA) is 59.1 Å². The molecule has 28 heavy (non-hydrogen) atoms. The number of methoxy groups -OCH3 is 3. The fourth-order valence-corrected chi connectivity index (χ4v) is 4.63. The van der Waals surface area contributed by atoms with E-state index in [0.717, 1.165) is 54.2 Å². The van der Waals surface area contributed by atoms with Crippen molar-refractivity contribution >= 4 is 28.1 Å². The molecule has 1 N–H and O–H groups in total. The quantitative estimate of drug-likeness (QED) is 0.746. The highest BCUT2D eigenvalue weighted by molar-refractivity contribution is 7.16. The zero-order chi connectivity index (χ0) is 19.6. The minimum absolute atomic E-state index is 0.847. The molecule has 1 aromatic heterocycles. The number of hydrogen-bond donors (Lipinski definition) is 1. The van der Waals surface area contributed by atoms with Crippen LogP contribution in [0.1, 0.15) is 10.7 Å². The van der Waals surface area contributed by atoms with E-state index in [1.165, 1.54) is 5.69 Å². The molecule has 0 unspecified atom stereocenters. The Hall–Kier alpha value is -2.13. The summed E-state index contributed by atoms with van der Waals surface area (Å²) >= 11 is 1.66. The first-order valence-corrected chi connectivity index (χ1v) is 10.2. The highest BCUT2D eigenvalue weighted by atomic mass is 32.1. The Morgan fingerprint density at radius 1 is 1.11 bits per heavy atom. The molecule has 0 bridgehead atoms. The van der Waals surface area contributed by atoms with E-state index < -0.39 is 5.91 Å². The Morgan fingerprint density at radius 2 is 1.86 bits per heavy atom. The Morgan fingerprint density at radius 3 is 2.57 bits per heavy atom. The molecule has 7 nitrogen and oxygen atoms in total. The second-order valence-corrected chi connectivity index (χ2v) is 7.87. The van der Waals surface area contributed by atoms with Crippen LogP contribution in [0.4, 0.5) is 10.7 Å². The van der Waals surface area contributed by atoms with Gasteiger partial charge >= 0.3 is 0 Å². The third kappa shape index (κ3) is 3.73. The molecule has 0 radical (unpaired) electrons. The van der Waals surface area contributed by atoms with Crippen LogP contribution in [0, 0.1) is 0 Å². The highest BCUT2D eigenvalue weighted by Gasteiger charge is 2.32. The van der Waals surface area contributed by atoms with E-state index in [-0.39, 0.29) is 0 Å². The molecule has 0 saturated carbocycles. The van der Waals surface area contributed by atoms with E-state index in [2.05, 4.69) is 27.2 Å². The first-order chi connectivity index (χ1) is 13.7. The SMILES string of the molecule is COc1ccccc1N1CCN(Cc2nc3c(s2)NC(OC)(OC)C=C3)CC1. The van der Waals surface area contributed by atoms with Gasteiger partial charge in [-0.05, 0) is 24.3 Å². The van der Waals surface area contributed by atoms with Crippen molar-refractivity contribution < 1.29 is 14.2 Å². The molecule has 0 amide bonds. The summed E-state index contributed by atoms with van der Waals surface area (Å²) in [5.41, 5.74) is 2.11. The lowest BCUT2D eigenvalue weighted by Crippen LogP contribution is -2.46. The Bertz CT molecular complexity index is 842.